The molecular formula is C12H13F3O2. The van der Waals surface area contributed by atoms with E-state index in [2.05, 4.69) is 6.58 Å². The van der Waals surface area contributed by atoms with Gasteiger partial charge < -0.3 is 9.47 Å². The van der Waals surface area contributed by atoms with Gasteiger partial charge in [-0.15, -0.1) is 0 Å². The van der Waals surface area contributed by atoms with Crippen LogP contribution in [0.2, 0.25) is 0 Å². The van der Waals surface area contributed by atoms with E-state index < -0.39 is 11.7 Å². The molecule has 5 heteroatoms. The van der Waals surface area contributed by atoms with Gasteiger partial charge in [0.05, 0.1) is 7.11 Å². The van der Waals surface area contributed by atoms with E-state index in [4.69, 9.17) is 9.47 Å². The second-order valence-corrected chi connectivity index (χ2v) is 3.42. The molecule has 0 spiro atoms. The van der Waals surface area contributed by atoms with E-state index in [-0.39, 0.29) is 18.1 Å². The molecule has 17 heavy (non-hydrogen) atoms. The summed E-state index contributed by atoms with van der Waals surface area (Å²) in [6.45, 7) is 5.12. The van der Waals surface area contributed by atoms with Gasteiger partial charge in [-0.3, -0.25) is 0 Å². The number of ether oxygens (including phenoxy) is 2. The maximum atomic E-state index is 12.8. The smallest absolute Gasteiger partial charge is 0.420 e. The minimum atomic E-state index is -4.47. The first kappa shape index (κ1) is 13.4. The Kier molecular flexibility index (Phi) is 4.04. The molecule has 0 aromatic heterocycles. The molecule has 0 atom stereocenters. The van der Waals surface area contributed by atoms with Crippen LogP contribution in [0.5, 0.6) is 11.5 Å². The lowest BCUT2D eigenvalue weighted by Crippen LogP contribution is -2.09. The van der Waals surface area contributed by atoms with Crippen LogP contribution >= 0.6 is 0 Å². The van der Waals surface area contributed by atoms with Gasteiger partial charge >= 0.3 is 6.18 Å². The number of aryl methyl sites for hydroxylation is 1. The molecule has 1 aromatic rings. The van der Waals surface area contributed by atoms with Crippen LogP contribution in [-0.2, 0) is 6.18 Å². The molecule has 1 aromatic carbocycles. The third-order valence-corrected chi connectivity index (χ3v) is 2.13. The van der Waals surface area contributed by atoms with Gasteiger partial charge in [0.25, 0.3) is 0 Å². The van der Waals surface area contributed by atoms with Gasteiger partial charge in [0, 0.05) is 0 Å². The maximum absolute atomic E-state index is 12.8. The summed E-state index contributed by atoms with van der Waals surface area (Å²) in [5.41, 5.74) is -0.458. The van der Waals surface area contributed by atoms with Crippen molar-refractivity contribution < 1.29 is 22.6 Å². The van der Waals surface area contributed by atoms with E-state index in [0.29, 0.717) is 5.56 Å². The lowest BCUT2D eigenvalue weighted by Gasteiger charge is -2.16. The summed E-state index contributed by atoms with van der Waals surface area (Å²) in [4.78, 5) is 0. The Hall–Kier alpha value is -1.65. The fourth-order valence-corrected chi connectivity index (χ4v) is 1.46. The molecule has 0 aliphatic rings. The Morgan fingerprint density at radius 3 is 2.47 bits per heavy atom. The van der Waals surface area contributed by atoms with Crippen molar-refractivity contribution in [1.82, 2.24) is 0 Å². The molecule has 1 rings (SSSR count). The van der Waals surface area contributed by atoms with Gasteiger partial charge in [-0.25, -0.2) is 0 Å². The highest BCUT2D eigenvalue weighted by molar-refractivity contribution is 5.48. The number of halogens is 3. The topological polar surface area (TPSA) is 18.5 Å². The first-order valence-electron chi connectivity index (χ1n) is 4.89. The summed E-state index contributed by atoms with van der Waals surface area (Å²) in [7, 11) is 1.21. The fourth-order valence-electron chi connectivity index (χ4n) is 1.46. The Labute approximate surface area is 97.7 Å². The zero-order chi connectivity index (χ0) is 13.1. The molecule has 0 heterocycles. The molecule has 2 nitrogen and oxygen atoms in total. The molecule has 0 saturated carbocycles. The number of benzene rings is 1. The lowest BCUT2D eigenvalue weighted by molar-refractivity contribution is -0.138. The van der Waals surface area contributed by atoms with E-state index in [1.54, 1.807) is 0 Å². The molecule has 0 amide bonds. The van der Waals surface area contributed by atoms with Gasteiger partial charge in [-0.05, 0) is 24.6 Å². The van der Waals surface area contributed by atoms with Crippen molar-refractivity contribution in [2.75, 3.05) is 13.7 Å². The lowest BCUT2D eigenvalue weighted by atomic mass is 10.1. The van der Waals surface area contributed by atoms with Crippen LogP contribution in [0.4, 0.5) is 13.2 Å². The zero-order valence-electron chi connectivity index (χ0n) is 9.60. The summed E-state index contributed by atoms with van der Waals surface area (Å²) in [6, 6.07) is 2.42. The predicted octanol–water partition coefficient (Wildman–Crippen LogP) is 3.59. The Morgan fingerprint density at radius 2 is 2.00 bits per heavy atom. The second kappa shape index (κ2) is 5.12. The van der Waals surface area contributed by atoms with Crippen LogP contribution in [0.25, 0.3) is 0 Å². The van der Waals surface area contributed by atoms with Crippen LogP contribution in [0.3, 0.4) is 0 Å². The monoisotopic (exact) mass is 246 g/mol. The Balaban J connectivity index is 3.24. The number of rotatable bonds is 4. The van der Waals surface area contributed by atoms with E-state index in [1.165, 1.54) is 26.2 Å². The van der Waals surface area contributed by atoms with Crippen LogP contribution in [0.1, 0.15) is 11.1 Å². The summed E-state index contributed by atoms with van der Waals surface area (Å²) in [6.07, 6.45) is -3.00. The summed E-state index contributed by atoms with van der Waals surface area (Å²) in [5.74, 6) is -0.0287. The molecule has 0 saturated heterocycles. The minimum Gasteiger partial charge on any atom is -0.496 e. The largest absolute Gasteiger partial charge is 0.496 e. The van der Waals surface area contributed by atoms with Gasteiger partial charge in [0.15, 0.2) is 0 Å². The van der Waals surface area contributed by atoms with E-state index in [1.807, 2.05) is 0 Å². The van der Waals surface area contributed by atoms with E-state index in [0.717, 1.165) is 6.07 Å². The Morgan fingerprint density at radius 1 is 1.35 bits per heavy atom. The number of alkyl halides is 3. The van der Waals surface area contributed by atoms with Gasteiger partial charge in [0.1, 0.15) is 23.7 Å². The Bertz CT molecular complexity index is 411. The first-order chi connectivity index (χ1) is 7.90. The van der Waals surface area contributed by atoms with E-state index in [9.17, 15) is 13.2 Å². The normalized spacial score (nSPS) is 11.1. The second-order valence-electron chi connectivity index (χ2n) is 3.42. The average molecular weight is 246 g/mol. The molecule has 0 radical (unpaired) electrons. The summed E-state index contributed by atoms with van der Waals surface area (Å²) < 4.78 is 48.1. The van der Waals surface area contributed by atoms with Gasteiger partial charge in [0.2, 0.25) is 0 Å². The highest BCUT2D eigenvalue weighted by Crippen LogP contribution is 2.40. The van der Waals surface area contributed by atoms with Crippen LogP contribution in [-0.4, -0.2) is 13.7 Å². The van der Waals surface area contributed by atoms with Crippen LogP contribution < -0.4 is 9.47 Å². The quantitative estimate of drug-likeness (QED) is 0.756. The number of hydrogen-bond acceptors (Lipinski definition) is 2. The first-order valence-corrected chi connectivity index (χ1v) is 4.89. The molecule has 0 unspecified atom stereocenters. The van der Waals surface area contributed by atoms with Crippen molar-refractivity contribution in [3.05, 3.63) is 35.9 Å². The van der Waals surface area contributed by atoms with Gasteiger partial charge in [-0.1, -0.05) is 12.7 Å². The SMILES string of the molecule is C=CCOc1cc(C)c(OC)c(C(F)(F)F)c1. The third-order valence-electron chi connectivity index (χ3n) is 2.13. The van der Waals surface area contributed by atoms with Crippen molar-refractivity contribution in [3.63, 3.8) is 0 Å². The van der Waals surface area contributed by atoms with Crippen molar-refractivity contribution in [2.45, 2.75) is 13.1 Å². The molecule has 0 N–H and O–H groups in total. The van der Waals surface area contributed by atoms with Crippen molar-refractivity contribution in [3.8, 4) is 11.5 Å². The van der Waals surface area contributed by atoms with Gasteiger partial charge in [-0.2, -0.15) is 13.2 Å². The van der Waals surface area contributed by atoms with Crippen molar-refractivity contribution >= 4 is 0 Å². The molecule has 0 fully saturated rings. The van der Waals surface area contributed by atoms with Crippen molar-refractivity contribution in [2.24, 2.45) is 0 Å². The average Bonchev–Trinajstić information content (AvgIpc) is 2.24. The fraction of sp³-hybridized carbons (Fsp3) is 0.333. The number of hydrogen-bond donors (Lipinski definition) is 0. The van der Waals surface area contributed by atoms with Crippen LogP contribution in [0.15, 0.2) is 24.8 Å². The minimum absolute atomic E-state index is 0.149. The molecular weight excluding hydrogens is 233 g/mol. The predicted molar refractivity (Wildman–Crippen MR) is 58.4 cm³/mol. The molecule has 0 bridgehead atoms. The van der Waals surface area contributed by atoms with Crippen LogP contribution in [0, 0.1) is 6.92 Å². The molecule has 94 valence electrons. The summed E-state index contributed by atoms with van der Waals surface area (Å²) >= 11 is 0. The molecule has 0 aliphatic carbocycles. The third kappa shape index (κ3) is 3.15. The molecule has 0 aliphatic heterocycles. The highest BCUT2D eigenvalue weighted by Gasteiger charge is 2.35. The standard InChI is InChI=1S/C12H13F3O2/c1-4-5-17-9-6-8(2)11(16-3)10(7-9)12(13,14)15/h4,6-7H,1,5H2,2-3H3. The maximum Gasteiger partial charge on any atom is 0.420 e. The summed E-state index contributed by atoms with van der Waals surface area (Å²) in [5, 5.41) is 0. The number of methoxy groups -OCH3 is 1. The zero-order valence-corrected chi connectivity index (χ0v) is 9.60. The van der Waals surface area contributed by atoms with Crippen molar-refractivity contribution in [1.29, 1.82) is 0 Å². The highest BCUT2D eigenvalue weighted by atomic mass is 19.4. The van der Waals surface area contributed by atoms with E-state index >= 15 is 0 Å².